The molecule has 2 rings (SSSR count). The molecule has 0 unspecified atom stereocenters. The van der Waals surface area contributed by atoms with Crippen LogP contribution in [0.5, 0.6) is 0 Å². The van der Waals surface area contributed by atoms with E-state index in [1.165, 1.54) is 0 Å². The largest absolute Gasteiger partial charge is 0.345 e. The number of hydrogen-bond acceptors (Lipinski definition) is 2. The molecule has 0 atom stereocenters. The monoisotopic (exact) mass is 264 g/mol. The standard InChI is InChI=1S/C11H9BrN2O/c1-7-6-13-11(15)14-10(7)8-2-4-9(12)5-3-8/h2-6H,1H3,(H,13,14,15). The van der Waals surface area contributed by atoms with Crippen LogP contribution in [0.4, 0.5) is 0 Å². The number of nitrogens with one attached hydrogen (secondary N) is 1. The van der Waals surface area contributed by atoms with Crippen LogP contribution >= 0.6 is 15.9 Å². The van der Waals surface area contributed by atoms with E-state index in [9.17, 15) is 4.79 Å². The molecule has 1 aromatic heterocycles. The van der Waals surface area contributed by atoms with Gasteiger partial charge in [-0.2, -0.15) is 0 Å². The van der Waals surface area contributed by atoms with Crippen LogP contribution in [0.3, 0.4) is 0 Å². The Morgan fingerprint density at radius 3 is 2.60 bits per heavy atom. The number of H-pyrrole nitrogens is 1. The summed E-state index contributed by atoms with van der Waals surface area (Å²) >= 11 is 3.37. The van der Waals surface area contributed by atoms with Crippen molar-refractivity contribution in [2.24, 2.45) is 0 Å². The minimum absolute atomic E-state index is 0.321. The molecule has 0 saturated carbocycles. The summed E-state index contributed by atoms with van der Waals surface area (Å²) in [6.07, 6.45) is 1.58. The van der Waals surface area contributed by atoms with Gasteiger partial charge in [0, 0.05) is 10.7 Å². The number of aryl methyl sites for hydroxylation is 1. The first kappa shape index (κ1) is 10.1. The highest BCUT2D eigenvalue weighted by molar-refractivity contribution is 9.10. The Morgan fingerprint density at radius 1 is 1.27 bits per heavy atom. The third-order valence-corrected chi connectivity index (χ3v) is 2.66. The molecule has 15 heavy (non-hydrogen) atoms. The number of halogens is 1. The van der Waals surface area contributed by atoms with Crippen molar-refractivity contribution < 1.29 is 0 Å². The predicted octanol–water partition coefficient (Wildman–Crippen LogP) is 2.51. The molecule has 0 saturated heterocycles. The van der Waals surface area contributed by atoms with E-state index < -0.39 is 0 Å². The summed E-state index contributed by atoms with van der Waals surface area (Å²) in [5.41, 5.74) is 2.44. The maximum Gasteiger partial charge on any atom is 0.345 e. The molecular formula is C11H9BrN2O. The zero-order valence-electron chi connectivity index (χ0n) is 8.12. The Hall–Kier alpha value is -1.42. The normalized spacial score (nSPS) is 10.3. The smallest absolute Gasteiger partial charge is 0.305 e. The minimum atomic E-state index is -0.321. The van der Waals surface area contributed by atoms with Crippen molar-refractivity contribution in [2.45, 2.75) is 6.92 Å². The van der Waals surface area contributed by atoms with E-state index >= 15 is 0 Å². The van der Waals surface area contributed by atoms with Gasteiger partial charge >= 0.3 is 5.69 Å². The molecule has 1 N–H and O–H groups in total. The second-order valence-corrected chi connectivity index (χ2v) is 4.17. The summed E-state index contributed by atoms with van der Waals surface area (Å²) < 4.78 is 1.01. The van der Waals surface area contributed by atoms with Gasteiger partial charge in [0.25, 0.3) is 0 Å². The van der Waals surface area contributed by atoms with Gasteiger partial charge in [-0.3, -0.25) is 0 Å². The Labute approximate surface area is 95.3 Å². The molecule has 0 radical (unpaired) electrons. The van der Waals surface area contributed by atoms with E-state index in [0.29, 0.717) is 0 Å². The van der Waals surface area contributed by atoms with Crippen LogP contribution in [0.15, 0.2) is 39.7 Å². The van der Waals surface area contributed by atoms with E-state index in [2.05, 4.69) is 25.9 Å². The molecule has 0 aliphatic carbocycles. The fraction of sp³-hybridized carbons (Fsp3) is 0.0909. The van der Waals surface area contributed by atoms with Gasteiger partial charge in [-0.15, -0.1) is 0 Å². The SMILES string of the molecule is Cc1cnc(=O)[nH]c1-c1ccc(Br)cc1. The van der Waals surface area contributed by atoms with Crippen LogP contribution in [-0.4, -0.2) is 9.97 Å². The van der Waals surface area contributed by atoms with Crippen molar-refractivity contribution in [3.63, 3.8) is 0 Å². The molecule has 0 aliphatic heterocycles. The fourth-order valence-corrected chi connectivity index (χ4v) is 1.64. The summed E-state index contributed by atoms with van der Waals surface area (Å²) in [7, 11) is 0. The average molecular weight is 265 g/mol. The van der Waals surface area contributed by atoms with E-state index in [-0.39, 0.29) is 5.69 Å². The van der Waals surface area contributed by atoms with Gasteiger partial charge in [0.05, 0.1) is 5.69 Å². The maximum absolute atomic E-state index is 11.1. The van der Waals surface area contributed by atoms with Crippen molar-refractivity contribution in [2.75, 3.05) is 0 Å². The highest BCUT2D eigenvalue weighted by Gasteiger charge is 2.02. The van der Waals surface area contributed by atoms with Gasteiger partial charge in [-0.25, -0.2) is 9.78 Å². The average Bonchev–Trinajstić information content (AvgIpc) is 2.23. The number of nitrogens with zero attached hydrogens (tertiary/aromatic N) is 1. The summed E-state index contributed by atoms with van der Waals surface area (Å²) in [4.78, 5) is 17.5. The van der Waals surface area contributed by atoms with Crippen molar-refractivity contribution in [1.82, 2.24) is 9.97 Å². The van der Waals surface area contributed by atoms with Crippen molar-refractivity contribution in [1.29, 1.82) is 0 Å². The number of hydrogen-bond donors (Lipinski definition) is 1. The minimum Gasteiger partial charge on any atom is -0.305 e. The summed E-state index contributed by atoms with van der Waals surface area (Å²) in [5, 5.41) is 0. The number of rotatable bonds is 1. The molecule has 0 aliphatic rings. The third kappa shape index (κ3) is 2.15. The summed E-state index contributed by atoms with van der Waals surface area (Å²) in [6, 6.07) is 7.77. The van der Waals surface area contributed by atoms with Gasteiger partial charge in [-0.05, 0) is 30.2 Å². The van der Waals surface area contributed by atoms with Crippen LogP contribution in [-0.2, 0) is 0 Å². The predicted molar refractivity (Wildman–Crippen MR) is 62.7 cm³/mol. The van der Waals surface area contributed by atoms with Crippen LogP contribution < -0.4 is 5.69 Å². The first-order chi connectivity index (χ1) is 7.16. The number of aromatic nitrogens is 2. The fourth-order valence-electron chi connectivity index (χ4n) is 1.37. The molecule has 0 bridgehead atoms. The van der Waals surface area contributed by atoms with Crippen LogP contribution in [0, 0.1) is 6.92 Å². The molecule has 3 nitrogen and oxygen atoms in total. The van der Waals surface area contributed by atoms with Gasteiger partial charge in [0.2, 0.25) is 0 Å². The Bertz CT molecular complexity index is 531. The Morgan fingerprint density at radius 2 is 1.93 bits per heavy atom. The Kier molecular flexibility index (Phi) is 2.68. The van der Waals surface area contributed by atoms with Gasteiger partial charge in [0.1, 0.15) is 0 Å². The highest BCUT2D eigenvalue weighted by atomic mass is 79.9. The van der Waals surface area contributed by atoms with Crippen molar-refractivity contribution >= 4 is 15.9 Å². The molecule has 0 amide bonds. The first-order valence-electron chi connectivity index (χ1n) is 4.48. The first-order valence-corrected chi connectivity index (χ1v) is 5.28. The van der Waals surface area contributed by atoms with Gasteiger partial charge in [0.15, 0.2) is 0 Å². The lowest BCUT2D eigenvalue weighted by Gasteiger charge is -2.04. The molecule has 1 heterocycles. The second kappa shape index (κ2) is 3.98. The highest BCUT2D eigenvalue weighted by Crippen LogP contribution is 2.21. The lowest BCUT2D eigenvalue weighted by molar-refractivity contribution is 1.06. The van der Waals surface area contributed by atoms with E-state index in [4.69, 9.17) is 0 Å². The molecule has 4 heteroatoms. The molecular weight excluding hydrogens is 256 g/mol. The van der Waals surface area contributed by atoms with E-state index in [1.807, 2.05) is 31.2 Å². The quantitative estimate of drug-likeness (QED) is 0.861. The zero-order chi connectivity index (χ0) is 10.8. The van der Waals surface area contributed by atoms with Crippen LogP contribution in [0.1, 0.15) is 5.56 Å². The van der Waals surface area contributed by atoms with E-state index in [0.717, 1.165) is 21.3 Å². The lowest BCUT2D eigenvalue weighted by Crippen LogP contribution is -2.11. The van der Waals surface area contributed by atoms with Crippen molar-refractivity contribution in [3.8, 4) is 11.3 Å². The Balaban J connectivity index is 2.58. The zero-order valence-corrected chi connectivity index (χ0v) is 9.71. The lowest BCUT2D eigenvalue weighted by atomic mass is 10.1. The van der Waals surface area contributed by atoms with Gasteiger partial charge in [-0.1, -0.05) is 28.1 Å². The number of aromatic amines is 1. The summed E-state index contributed by atoms with van der Waals surface area (Å²) in [5.74, 6) is 0. The number of benzene rings is 1. The van der Waals surface area contributed by atoms with Crippen LogP contribution in [0.25, 0.3) is 11.3 Å². The molecule has 1 aromatic carbocycles. The molecule has 0 fully saturated rings. The summed E-state index contributed by atoms with van der Waals surface area (Å²) in [6.45, 7) is 1.92. The maximum atomic E-state index is 11.1. The molecule has 0 spiro atoms. The van der Waals surface area contributed by atoms with Crippen molar-refractivity contribution in [3.05, 3.63) is 51.0 Å². The second-order valence-electron chi connectivity index (χ2n) is 3.25. The molecule has 76 valence electrons. The third-order valence-electron chi connectivity index (χ3n) is 2.13. The van der Waals surface area contributed by atoms with E-state index in [1.54, 1.807) is 6.20 Å². The van der Waals surface area contributed by atoms with Crippen LogP contribution in [0.2, 0.25) is 0 Å². The molecule has 2 aromatic rings. The topological polar surface area (TPSA) is 45.8 Å². The van der Waals surface area contributed by atoms with Gasteiger partial charge < -0.3 is 4.98 Å².